The van der Waals surface area contributed by atoms with Gasteiger partial charge in [0.2, 0.25) is 0 Å². The first-order valence-corrected chi connectivity index (χ1v) is 11.5. The zero-order valence-corrected chi connectivity index (χ0v) is 18.8. The molecule has 0 spiro atoms. The molecule has 6 nitrogen and oxygen atoms in total. The van der Waals surface area contributed by atoms with Gasteiger partial charge in [-0.15, -0.1) is 0 Å². The average Bonchev–Trinajstić information content (AvgIpc) is 2.82. The van der Waals surface area contributed by atoms with E-state index in [0.29, 0.717) is 18.5 Å². The molecule has 2 heterocycles. The maximum absolute atomic E-state index is 11.5. The number of hydrogen-bond donors (Lipinski definition) is 2. The highest BCUT2D eigenvalue weighted by Crippen LogP contribution is 2.29. The van der Waals surface area contributed by atoms with Gasteiger partial charge in [0.05, 0.1) is 0 Å². The molecule has 31 heavy (non-hydrogen) atoms. The van der Waals surface area contributed by atoms with Crippen molar-refractivity contribution < 1.29 is 10.0 Å². The van der Waals surface area contributed by atoms with E-state index >= 15 is 0 Å². The van der Waals surface area contributed by atoms with E-state index in [4.69, 9.17) is 5.21 Å². The molecular formula is C24H30N4O2S. The van der Waals surface area contributed by atoms with Crippen molar-refractivity contribution in [2.45, 2.75) is 17.9 Å². The summed E-state index contributed by atoms with van der Waals surface area (Å²) >= 11 is 1.70. The highest BCUT2D eigenvalue weighted by Gasteiger charge is 2.17. The summed E-state index contributed by atoms with van der Waals surface area (Å²) in [7, 11) is 2.19. The monoisotopic (exact) mass is 438 g/mol. The number of carbonyl (C=O) groups is 1. The van der Waals surface area contributed by atoms with Crippen molar-refractivity contribution in [2.24, 2.45) is 0 Å². The number of hydrogen-bond acceptors (Lipinski definition) is 6. The van der Waals surface area contributed by atoms with Crippen molar-refractivity contribution in [3.63, 3.8) is 0 Å². The minimum absolute atomic E-state index is 0.399. The number of amides is 1. The molecule has 164 valence electrons. The van der Waals surface area contributed by atoms with Crippen LogP contribution in [0.25, 0.3) is 11.1 Å². The fraction of sp³-hybridized carbons (Fsp3) is 0.375. The van der Waals surface area contributed by atoms with Crippen molar-refractivity contribution in [1.29, 1.82) is 0 Å². The summed E-state index contributed by atoms with van der Waals surface area (Å²) < 4.78 is 2.22. The van der Waals surface area contributed by atoms with Gasteiger partial charge in [-0.2, -0.15) is 0 Å². The fourth-order valence-electron chi connectivity index (χ4n) is 3.94. The van der Waals surface area contributed by atoms with Crippen LogP contribution in [0.3, 0.4) is 0 Å². The molecule has 0 aromatic heterocycles. The van der Waals surface area contributed by atoms with Crippen LogP contribution in [0.5, 0.6) is 0 Å². The van der Waals surface area contributed by atoms with Crippen molar-refractivity contribution in [1.82, 2.24) is 19.6 Å². The van der Waals surface area contributed by atoms with E-state index in [1.807, 2.05) is 6.08 Å². The molecule has 2 aliphatic rings. The van der Waals surface area contributed by atoms with Crippen LogP contribution in [0.15, 0.2) is 65.1 Å². The van der Waals surface area contributed by atoms with E-state index in [1.54, 1.807) is 17.4 Å². The third kappa shape index (κ3) is 5.96. The minimum atomic E-state index is -0.399. The highest BCUT2D eigenvalue weighted by molar-refractivity contribution is 7.97. The largest absolute Gasteiger partial charge is 0.304 e. The maximum Gasteiger partial charge on any atom is 0.270 e. The topological polar surface area (TPSA) is 59.0 Å². The molecule has 2 aliphatic heterocycles. The van der Waals surface area contributed by atoms with Crippen molar-refractivity contribution in [3.8, 4) is 11.1 Å². The van der Waals surface area contributed by atoms with Crippen LogP contribution < -0.4 is 5.48 Å². The summed E-state index contributed by atoms with van der Waals surface area (Å²) in [5, 5.41) is 8.74. The molecule has 0 aliphatic carbocycles. The molecule has 2 aromatic rings. The second-order valence-electron chi connectivity index (χ2n) is 8.20. The van der Waals surface area contributed by atoms with Gasteiger partial charge in [-0.1, -0.05) is 42.5 Å². The van der Waals surface area contributed by atoms with Gasteiger partial charge in [0.15, 0.2) is 0 Å². The Balaban J connectivity index is 1.31. The lowest BCUT2D eigenvalue weighted by molar-refractivity contribution is -0.125. The Morgan fingerprint density at radius 3 is 2.19 bits per heavy atom. The van der Waals surface area contributed by atoms with E-state index in [1.165, 1.54) is 21.6 Å². The number of piperazine rings is 1. The average molecular weight is 439 g/mol. The van der Waals surface area contributed by atoms with E-state index in [9.17, 15) is 4.79 Å². The van der Waals surface area contributed by atoms with Gasteiger partial charge >= 0.3 is 0 Å². The zero-order valence-electron chi connectivity index (χ0n) is 18.0. The summed E-state index contributed by atoms with van der Waals surface area (Å²) in [6, 6.07) is 17.6. The van der Waals surface area contributed by atoms with Crippen LogP contribution in [0.2, 0.25) is 0 Å². The number of rotatable bonds is 6. The third-order valence-electron chi connectivity index (χ3n) is 5.94. The summed E-state index contributed by atoms with van der Waals surface area (Å²) in [6.07, 6.45) is 2.51. The Bertz CT molecular complexity index is 906. The summed E-state index contributed by atoms with van der Waals surface area (Å²) in [6.45, 7) is 7.06. The molecule has 0 radical (unpaired) electrons. The Labute approximate surface area is 188 Å². The van der Waals surface area contributed by atoms with Crippen LogP contribution in [0.1, 0.15) is 12.0 Å². The molecule has 1 fully saturated rings. The normalized spacial score (nSPS) is 18.6. The standard InChI is InChI=1S/C24H30N4O2S/c1-26-14-16-27(17-15-26)18-19-2-4-20(5-3-19)21-6-8-23(9-7-21)31-28-12-10-22(11-13-28)24(29)25-30/h2-10,30H,11-18H2,1H3,(H,25,29). The van der Waals surface area contributed by atoms with Crippen LogP contribution in [0.4, 0.5) is 0 Å². The lowest BCUT2D eigenvalue weighted by Crippen LogP contribution is -2.43. The lowest BCUT2D eigenvalue weighted by atomic mass is 10.0. The molecule has 0 saturated carbocycles. The first-order valence-electron chi connectivity index (χ1n) is 10.8. The van der Waals surface area contributed by atoms with E-state index in [2.05, 4.69) is 69.7 Å². The smallest absolute Gasteiger partial charge is 0.270 e. The second kappa shape index (κ2) is 10.4. The number of likely N-dealkylation sites (N-methyl/N-ethyl adjacent to an activating group) is 1. The molecule has 2 aromatic carbocycles. The van der Waals surface area contributed by atoms with Gasteiger partial charge < -0.3 is 4.90 Å². The first kappa shape index (κ1) is 22.0. The quantitative estimate of drug-likeness (QED) is 0.410. The van der Waals surface area contributed by atoms with Gasteiger partial charge in [-0.25, -0.2) is 9.79 Å². The Kier molecular flexibility index (Phi) is 7.42. The van der Waals surface area contributed by atoms with E-state index < -0.39 is 5.91 Å². The first-order chi connectivity index (χ1) is 15.1. The number of nitrogens with one attached hydrogen (secondary N) is 1. The van der Waals surface area contributed by atoms with E-state index in [-0.39, 0.29) is 0 Å². The van der Waals surface area contributed by atoms with E-state index in [0.717, 1.165) is 39.3 Å². The number of carbonyl (C=O) groups excluding carboxylic acids is 1. The molecule has 1 amide bonds. The maximum atomic E-state index is 11.5. The fourth-order valence-corrected chi connectivity index (χ4v) is 4.82. The van der Waals surface area contributed by atoms with Gasteiger partial charge in [0.25, 0.3) is 5.91 Å². The zero-order chi connectivity index (χ0) is 21.6. The van der Waals surface area contributed by atoms with Crippen molar-refractivity contribution >= 4 is 17.9 Å². The molecule has 0 atom stereocenters. The molecular weight excluding hydrogens is 408 g/mol. The number of hydroxylamine groups is 1. The van der Waals surface area contributed by atoms with Gasteiger partial charge in [0.1, 0.15) is 0 Å². The van der Waals surface area contributed by atoms with Crippen LogP contribution in [0, 0.1) is 0 Å². The minimum Gasteiger partial charge on any atom is -0.304 e. The molecule has 2 N–H and O–H groups in total. The third-order valence-corrected chi connectivity index (χ3v) is 7.02. The van der Waals surface area contributed by atoms with Gasteiger partial charge in [-0.3, -0.25) is 14.9 Å². The molecule has 0 unspecified atom stereocenters. The summed E-state index contributed by atoms with van der Waals surface area (Å²) in [5.74, 6) is -0.399. The van der Waals surface area contributed by atoms with Crippen molar-refractivity contribution in [3.05, 3.63) is 65.7 Å². The van der Waals surface area contributed by atoms with Crippen molar-refractivity contribution in [2.75, 3.05) is 46.3 Å². The van der Waals surface area contributed by atoms with Gasteiger partial charge in [0, 0.05) is 56.3 Å². The molecule has 0 bridgehead atoms. The molecule has 7 heteroatoms. The second-order valence-corrected chi connectivity index (χ2v) is 9.37. The predicted molar refractivity (Wildman–Crippen MR) is 125 cm³/mol. The Morgan fingerprint density at radius 1 is 0.968 bits per heavy atom. The summed E-state index contributed by atoms with van der Waals surface area (Å²) in [4.78, 5) is 17.6. The Morgan fingerprint density at radius 2 is 1.61 bits per heavy atom. The molecule has 4 rings (SSSR count). The van der Waals surface area contributed by atoms with Crippen LogP contribution >= 0.6 is 11.9 Å². The lowest BCUT2D eigenvalue weighted by Gasteiger charge is -2.32. The van der Waals surface area contributed by atoms with Gasteiger partial charge in [-0.05, 0) is 54.2 Å². The predicted octanol–water partition coefficient (Wildman–Crippen LogP) is 3.25. The SMILES string of the molecule is CN1CCN(Cc2ccc(-c3ccc(SN4CC=C(C(=O)NO)CC4)cc3)cc2)CC1. The van der Waals surface area contributed by atoms with Crippen LogP contribution in [-0.4, -0.2) is 71.5 Å². The number of benzene rings is 2. The highest BCUT2D eigenvalue weighted by atomic mass is 32.2. The summed E-state index contributed by atoms with van der Waals surface area (Å²) in [5.41, 5.74) is 6.18. The molecule has 1 saturated heterocycles. The van der Waals surface area contributed by atoms with Crippen LogP contribution in [-0.2, 0) is 11.3 Å². The number of nitrogens with zero attached hydrogens (tertiary/aromatic N) is 3. The Hall–Kier alpha value is -2.16.